The maximum Gasteiger partial charge on any atom is 0.254 e. The van der Waals surface area contributed by atoms with Crippen molar-refractivity contribution in [2.75, 3.05) is 6.54 Å². The number of carbonyl (C=O) groups is 1. The number of amides is 1. The van der Waals surface area contributed by atoms with E-state index in [0.717, 1.165) is 13.0 Å². The van der Waals surface area contributed by atoms with Crippen molar-refractivity contribution in [3.63, 3.8) is 0 Å². The van der Waals surface area contributed by atoms with Crippen LogP contribution in [0.3, 0.4) is 0 Å². The lowest BCUT2D eigenvalue weighted by Crippen LogP contribution is -2.36. The second-order valence-electron chi connectivity index (χ2n) is 4.61. The van der Waals surface area contributed by atoms with Gasteiger partial charge in [0.1, 0.15) is 0 Å². The summed E-state index contributed by atoms with van der Waals surface area (Å²) in [6.07, 6.45) is 6.30. The first-order valence-electron chi connectivity index (χ1n) is 6.08. The lowest BCUT2D eigenvalue weighted by molar-refractivity contribution is 0.0733. The molecule has 0 radical (unpaired) electrons. The number of rotatable bonds is 1. The SMILES string of the molecule is Cn1ccc2c1CCN(C(=O)c1ccncc1)C2. The predicted molar refractivity (Wildman–Crippen MR) is 68.1 cm³/mol. The van der Waals surface area contributed by atoms with Crippen molar-refractivity contribution in [3.05, 3.63) is 53.6 Å². The average Bonchev–Trinajstić information content (AvgIpc) is 2.80. The molecule has 4 nitrogen and oxygen atoms in total. The topological polar surface area (TPSA) is 38.1 Å². The molecule has 0 aromatic carbocycles. The Bertz CT molecular complexity index is 574. The Balaban J connectivity index is 1.82. The molecule has 2 aromatic rings. The lowest BCUT2D eigenvalue weighted by Gasteiger charge is -2.27. The molecular weight excluding hydrogens is 226 g/mol. The number of aromatic nitrogens is 2. The summed E-state index contributed by atoms with van der Waals surface area (Å²) >= 11 is 0. The van der Waals surface area contributed by atoms with Crippen LogP contribution in [0.4, 0.5) is 0 Å². The molecule has 1 amide bonds. The van der Waals surface area contributed by atoms with Crippen molar-refractivity contribution < 1.29 is 4.79 Å². The first-order valence-corrected chi connectivity index (χ1v) is 6.08. The van der Waals surface area contributed by atoms with Gasteiger partial charge in [0.25, 0.3) is 5.91 Å². The number of carbonyl (C=O) groups excluding carboxylic acids is 1. The molecule has 0 bridgehead atoms. The van der Waals surface area contributed by atoms with E-state index in [-0.39, 0.29) is 5.91 Å². The van der Waals surface area contributed by atoms with Crippen LogP contribution in [0.5, 0.6) is 0 Å². The molecule has 18 heavy (non-hydrogen) atoms. The summed E-state index contributed by atoms with van der Waals surface area (Å²) in [5.41, 5.74) is 3.31. The van der Waals surface area contributed by atoms with Crippen LogP contribution in [0.25, 0.3) is 0 Å². The van der Waals surface area contributed by atoms with Gasteiger partial charge in [0.05, 0.1) is 0 Å². The smallest absolute Gasteiger partial charge is 0.254 e. The van der Waals surface area contributed by atoms with E-state index < -0.39 is 0 Å². The minimum absolute atomic E-state index is 0.0897. The van der Waals surface area contributed by atoms with Gasteiger partial charge in [-0.15, -0.1) is 0 Å². The van der Waals surface area contributed by atoms with Gasteiger partial charge in [-0.2, -0.15) is 0 Å². The molecule has 1 aliphatic heterocycles. The van der Waals surface area contributed by atoms with Gasteiger partial charge < -0.3 is 9.47 Å². The fourth-order valence-electron chi connectivity index (χ4n) is 2.47. The van der Waals surface area contributed by atoms with E-state index in [1.54, 1.807) is 24.5 Å². The molecule has 0 N–H and O–H groups in total. The van der Waals surface area contributed by atoms with Gasteiger partial charge in [-0.3, -0.25) is 9.78 Å². The van der Waals surface area contributed by atoms with Crippen LogP contribution in [-0.2, 0) is 20.0 Å². The van der Waals surface area contributed by atoms with Crippen LogP contribution in [0.1, 0.15) is 21.6 Å². The fraction of sp³-hybridized carbons (Fsp3) is 0.286. The number of nitrogens with zero attached hydrogens (tertiary/aromatic N) is 3. The number of fused-ring (bicyclic) bond motifs is 1. The molecule has 0 atom stereocenters. The summed E-state index contributed by atoms with van der Waals surface area (Å²) in [5.74, 6) is 0.0897. The van der Waals surface area contributed by atoms with Crippen molar-refractivity contribution >= 4 is 5.91 Å². The quantitative estimate of drug-likeness (QED) is 0.761. The van der Waals surface area contributed by atoms with Gasteiger partial charge in [-0.1, -0.05) is 0 Å². The maximum atomic E-state index is 12.3. The fourth-order valence-corrected chi connectivity index (χ4v) is 2.47. The monoisotopic (exact) mass is 241 g/mol. The second-order valence-corrected chi connectivity index (χ2v) is 4.61. The van der Waals surface area contributed by atoms with E-state index in [0.29, 0.717) is 12.1 Å². The van der Waals surface area contributed by atoms with E-state index in [1.165, 1.54) is 11.3 Å². The highest BCUT2D eigenvalue weighted by Crippen LogP contribution is 2.20. The Morgan fingerprint density at radius 1 is 1.28 bits per heavy atom. The molecule has 4 heteroatoms. The molecule has 0 fully saturated rings. The summed E-state index contributed by atoms with van der Waals surface area (Å²) < 4.78 is 2.14. The van der Waals surface area contributed by atoms with Gasteiger partial charge in [0.2, 0.25) is 0 Å². The Hall–Kier alpha value is -2.10. The molecule has 92 valence electrons. The molecule has 0 unspecified atom stereocenters. The number of hydrogen-bond donors (Lipinski definition) is 0. The third kappa shape index (κ3) is 1.79. The second kappa shape index (κ2) is 4.29. The number of pyridine rings is 1. The highest BCUT2D eigenvalue weighted by atomic mass is 16.2. The summed E-state index contributed by atoms with van der Waals surface area (Å²) in [4.78, 5) is 18.1. The van der Waals surface area contributed by atoms with E-state index in [1.807, 2.05) is 4.90 Å². The minimum atomic E-state index is 0.0897. The Morgan fingerprint density at radius 2 is 2.06 bits per heavy atom. The molecule has 0 saturated heterocycles. The zero-order valence-electron chi connectivity index (χ0n) is 10.3. The van der Waals surface area contributed by atoms with E-state index in [9.17, 15) is 4.79 Å². The van der Waals surface area contributed by atoms with Crippen molar-refractivity contribution in [1.82, 2.24) is 14.5 Å². The van der Waals surface area contributed by atoms with Crippen LogP contribution in [0, 0.1) is 0 Å². The Morgan fingerprint density at radius 3 is 2.83 bits per heavy atom. The predicted octanol–water partition coefficient (Wildman–Crippen LogP) is 1.62. The highest BCUT2D eigenvalue weighted by Gasteiger charge is 2.23. The van der Waals surface area contributed by atoms with Crippen LogP contribution >= 0.6 is 0 Å². The Labute approximate surface area is 106 Å². The zero-order valence-corrected chi connectivity index (χ0v) is 10.3. The summed E-state index contributed by atoms with van der Waals surface area (Å²) in [7, 11) is 2.05. The van der Waals surface area contributed by atoms with Gasteiger partial charge >= 0.3 is 0 Å². The summed E-state index contributed by atoms with van der Waals surface area (Å²) in [6.45, 7) is 1.49. The molecule has 3 rings (SSSR count). The van der Waals surface area contributed by atoms with Crippen LogP contribution in [0.2, 0.25) is 0 Å². The average molecular weight is 241 g/mol. The van der Waals surface area contributed by atoms with Gasteiger partial charge in [-0.05, 0) is 23.8 Å². The van der Waals surface area contributed by atoms with Crippen LogP contribution in [-0.4, -0.2) is 26.9 Å². The largest absolute Gasteiger partial charge is 0.354 e. The zero-order chi connectivity index (χ0) is 12.5. The molecule has 0 saturated carbocycles. The van der Waals surface area contributed by atoms with Crippen molar-refractivity contribution in [2.24, 2.45) is 7.05 Å². The lowest BCUT2D eigenvalue weighted by atomic mass is 10.1. The number of hydrogen-bond acceptors (Lipinski definition) is 2. The molecule has 2 aromatic heterocycles. The molecule has 3 heterocycles. The van der Waals surface area contributed by atoms with Crippen LogP contribution in [0.15, 0.2) is 36.8 Å². The molecular formula is C14H15N3O. The van der Waals surface area contributed by atoms with E-state index in [4.69, 9.17) is 0 Å². The Kier molecular flexibility index (Phi) is 2.63. The first-order chi connectivity index (χ1) is 8.75. The third-order valence-corrected chi connectivity index (χ3v) is 3.49. The minimum Gasteiger partial charge on any atom is -0.354 e. The first kappa shape index (κ1) is 11.0. The van der Waals surface area contributed by atoms with Crippen LogP contribution < -0.4 is 0 Å². The normalized spacial score (nSPS) is 14.4. The van der Waals surface area contributed by atoms with Crippen molar-refractivity contribution in [1.29, 1.82) is 0 Å². The van der Waals surface area contributed by atoms with Gasteiger partial charge in [-0.25, -0.2) is 0 Å². The number of aryl methyl sites for hydroxylation is 1. The standard InChI is InChI=1S/C14H15N3O/c1-16-8-4-12-10-17(9-5-13(12)16)14(18)11-2-6-15-7-3-11/h2-4,6-8H,5,9-10H2,1H3. The van der Waals surface area contributed by atoms with E-state index >= 15 is 0 Å². The van der Waals surface area contributed by atoms with Gasteiger partial charge in [0.15, 0.2) is 0 Å². The van der Waals surface area contributed by atoms with Crippen molar-refractivity contribution in [2.45, 2.75) is 13.0 Å². The van der Waals surface area contributed by atoms with Crippen molar-refractivity contribution in [3.8, 4) is 0 Å². The van der Waals surface area contributed by atoms with E-state index in [2.05, 4.69) is 28.9 Å². The summed E-state index contributed by atoms with van der Waals surface area (Å²) in [5, 5.41) is 0. The molecule has 0 aliphatic carbocycles. The molecule has 0 spiro atoms. The third-order valence-electron chi connectivity index (χ3n) is 3.49. The maximum absolute atomic E-state index is 12.3. The highest BCUT2D eigenvalue weighted by molar-refractivity contribution is 5.94. The molecule has 1 aliphatic rings. The summed E-state index contributed by atoms with van der Waals surface area (Å²) in [6, 6.07) is 5.63. The van der Waals surface area contributed by atoms with Gasteiger partial charge in [0, 0.05) is 56.4 Å².